The Balaban J connectivity index is 1.61. The first-order valence-electron chi connectivity index (χ1n) is 9.14. The number of sulfonamides is 1. The van der Waals surface area contributed by atoms with Gasteiger partial charge in [-0.25, -0.2) is 13.1 Å². The van der Waals surface area contributed by atoms with Crippen LogP contribution < -0.4 is 10.5 Å². The molecule has 0 radical (unpaired) electrons. The number of nitrogens with two attached hydrogens (primary N) is 1. The van der Waals surface area contributed by atoms with E-state index in [0.29, 0.717) is 18.3 Å². The topological polar surface area (TPSA) is 75.4 Å². The van der Waals surface area contributed by atoms with E-state index in [0.717, 1.165) is 25.9 Å². The summed E-state index contributed by atoms with van der Waals surface area (Å²) >= 11 is 1.80. The number of nitrogens with one attached hydrogen (secondary N) is 1. The van der Waals surface area contributed by atoms with Crippen LogP contribution in [-0.4, -0.2) is 32.4 Å². The summed E-state index contributed by atoms with van der Waals surface area (Å²) in [5, 5.41) is 2.16. The van der Waals surface area contributed by atoms with Crippen molar-refractivity contribution >= 4 is 27.0 Å². The fourth-order valence-corrected chi connectivity index (χ4v) is 5.38. The summed E-state index contributed by atoms with van der Waals surface area (Å²) in [4.78, 5) is 4.10. The molecule has 0 bridgehead atoms. The fourth-order valence-electron chi connectivity index (χ4n) is 3.42. The van der Waals surface area contributed by atoms with E-state index in [4.69, 9.17) is 5.73 Å². The Hall–Kier alpha value is -1.41. The van der Waals surface area contributed by atoms with Gasteiger partial charge in [0, 0.05) is 36.2 Å². The number of benzene rings is 1. The molecule has 0 aliphatic carbocycles. The van der Waals surface area contributed by atoms with Crippen molar-refractivity contribution in [2.24, 2.45) is 0 Å². The molecule has 0 amide bonds. The van der Waals surface area contributed by atoms with E-state index in [2.05, 4.69) is 28.0 Å². The maximum absolute atomic E-state index is 12.4. The normalized spacial score (nSPS) is 18.0. The molecule has 2 heterocycles. The van der Waals surface area contributed by atoms with Gasteiger partial charge in [-0.2, -0.15) is 0 Å². The predicted molar refractivity (Wildman–Crippen MR) is 108 cm³/mol. The molecule has 3 N–H and O–H groups in total. The Labute approximate surface area is 160 Å². The zero-order valence-corrected chi connectivity index (χ0v) is 16.8. The fraction of sp³-hybridized carbons (Fsp3) is 0.474. The first kappa shape index (κ1) is 19.4. The summed E-state index contributed by atoms with van der Waals surface area (Å²) in [6.07, 6.45) is 4.63. The number of thiophene rings is 1. The Morgan fingerprint density at radius 1 is 1.27 bits per heavy atom. The Bertz CT molecular complexity index is 816. The molecule has 3 rings (SSSR count). The molecule has 5 nitrogen and oxygen atoms in total. The van der Waals surface area contributed by atoms with Crippen molar-refractivity contribution in [3.8, 4) is 0 Å². The number of hydrogen-bond acceptors (Lipinski definition) is 5. The minimum atomic E-state index is -3.49. The lowest BCUT2D eigenvalue weighted by Gasteiger charge is -2.35. The van der Waals surface area contributed by atoms with Crippen molar-refractivity contribution in [1.82, 2.24) is 9.62 Å². The van der Waals surface area contributed by atoms with Crippen LogP contribution in [0.1, 0.15) is 36.6 Å². The van der Waals surface area contributed by atoms with Gasteiger partial charge >= 0.3 is 0 Å². The van der Waals surface area contributed by atoms with Crippen LogP contribution >= 0.6 is 11.3 Å². The second-order valence-electron chi connectivity index (χ2n) is 6.81. The summed E-state index contributed by atoms with van der Waals surface area (Å²) in [5.41, 5.74) is 7.66. The monoisotopic (exact) mass is 393 g/mol. The molecule has 0 fully saturated rings. The Morgan fingerprint density at radius 2 is 2.04 bits per heavy atom. The van der Waals surface area contributed by atoms with E-state index in [1.165, 1.54) is 23.3 Å². The van der Waals surface area contributed by atoms with E-state index in [1.54, 1.807) is 35.6 Å². The van der Waals surface area contributed by atoms with Crippen LogP contribution in [0.4, 0.5) is 5.69 Å². The summed E-state index contributed by atoms with van der Waals surface area (Å²) in [6, 6.07) is 9.04. The molecule has 2 aromatic rings. The van der Waals surface area contributed by atoms with Gasteiger partial charge in [0.25, 0.3) is 0 Å². The van der Waals surface area contributed by atoms with Crippen LogP contribution in [-0.2, 0) is 23.0 Å². The highest BCUT2D eigenvalue weighted by atomic mass is 32.2. The standard InChI is InChI=1S/C19H27N3O2S2/c1-2-3-4-17-13-15-9-12-25-19(15)14-22(17)11-10-21-26(23,24)18-7-5-16(20)6-8-18/h5-9,12,17,21H,2-4,10-11,13-14,20H2,1H3. The first-order chi connectivity index (χ1) is 12.5. The highest BCUT2D eigenvalue weighted by molar-refractivity contribution is 7.89. The molecule has 1 aromatic heterocycles. The lowest BCUT2D eigenvalue weighted by Crippen LogP contribution is -2.43. The largest absolute Gasteiger partial charge is 0.399 e. The van der Waals surface area contributed by atoms with E-state index in [-0.39, 0.29) is 4.90 Å². The van der Waals surface area contributed by atoms with Crippen molar-refractivity contribution in [1.29, 1.82) is 0 Å². The van der Waals surface area contributed by atoms with Gasteiger partial charge < -0.3 is 5.73 Å². The maximum Gasteiger partial charge on any atom is 0.240 e. The van der Waals surface area contributed by atoms with Crippen molar-refractivity contribution in [3.63, 3.8) is 0 Å². The minimum absolute atomic E-state index is 0.258. The molecular weight excluding hydrogens is 366 g/mol. The third kappa shape index (κ3) is 4.65. The smallest absolute Gasteiger partial charge is 0.240 e. The number of unbranched alkanes of at least 4 members (excludes halogenated alkanes) is 1. The molecule has 142 valence electrons. The van der Waals surface area contributed by atoms with Gasteiger partial charge in [-0.05, 0) is 54.1 Å². The van der Waals surface area contributed by atoms with Gasteiger partial charge in [-0.3, -0.25) is 4.90 Å². The van der Waals surface area contributed by atoms with Gasteiger partial charge in [0.1, 0.15) is 0 Å². The molecule has 7 heteroatoms. The molecule has 1 unspecified atom stereocenters. The Kier molecular flexibility index (Phi) is 6.34. The van der Waals surface area contributed by atoms with Crippen LogP contribution in [0.3, 0.4) is 0 Å². The summed E-state index contributed by atoms with van der Waals surface area (Å²) in [7, 11) is -3.49. The van der Waals surface area contributed by atoms with Crippen molar-refractivity contribution in [2.45, 2.75) is 50.1 Å². The highest BCUT2D eigenvalue weighted by Gasteiger charge is 2.26. The van der Waals surface area contributed by atoms with Crippen LogP contribution in [0.2, 0.25) is 0 Å². The van der Waals surface area contributed by atoms with E-state index in [9.17, 15) is 8.42 Å². The zero-order chi connectivity index (χ0) is 18.6. The van der Waals surface area contributed by atoms with Gasteiger partial charge in [-0.15, -0.1) is 11.3 Å². The summed E-state index contributed by atoms with van der Waals surface area (Å²) < 4.78 is 27.6. The SMILES string of the molecule is CCCCC1Cc2ccsc2CN1CCNS(=O)(=O)c1ccc(N)cc1. The van der Waals surface area contributed by atoms with Crippen molar-refractivity contribution < 1.29 is 8.42 Å². The van der Waals surface area contributed by atoms with Crippen molar-refractivity contribution in [2.75, 3.05) is 18.8 Å². The van der Waals surface area contributed by atoms with E-state index in [1.807, 2.05) is 0 Å². The minimum Gasteiger partial charge on any atom is -0.399 e. The second-order valence-corrected chi connectivity index (χ2v) is 9.57. The average Bonchev–Trinajstić information content (AvgIpc) is 3.07. The lowest BCUT2D eigenvalue weighted by atomic mass is 9.96. The average molecular weight is 394 g/mol. The molecule has 1 atom stereocenters. The molecule has 1 aromatic carbocycles. The van der Waals surface area contributed by atoms with Gasteiger partial charge in [0.15, 0.2) is 0 Å². The highest BCUT2D eigenvalue weighted by Crippen LogP contribution is 2.29. The molecule has 0 saturated heterocycles. The number of fused-ring (bicyclic) bond motifs is 1. The Morgan fingerprint density at radius 3 is 2.77 bits per heavy atom. The maximum atomic E-state index is 12.4. The first-order valence-corrected chi connectivity index (χ1v) is 11.5. The molecule has 1 aliphatic heterocycles. The number of hydrogen-bond donors (Lipinski definition) is 2. The number of nitrogens with zero attached hydrogens (tertiary/aromatic N) is 1. The van der Waals surface area contributed by atoms with E-state index >= 15 is 0 Å². The number of anilines is 1. The zero-order valence-electron chi connectivity index (χ0n) is 15.1. The molecule has 0 saturated carbocycles. The molecule has 1 aliphatic rings. The second kappa shape index (κ2) is 8.52. The van der Waals surface area contributed by atoms with Crippen LogP contribution in [0.5, 0.6) is 0 Å². The quantitative estimate of drug-likeness (QED) is 0.675. The lowest BCUT2D eigenvalue weighted by molar-refractivity contribution is 0.166. The predicted octanol–water partition coefficient (Wildman–Crippen LogP) is 3.23. The van der Waals surface area contributed by atoms with Gasteiger partial charge in [0.2, 0.25) is 10.0 Å². The van der Waals surface area contributed by atoms with Crippen LogP contribution in [0.25, 0.3) is 0 Å². The van der Waals surface area contributed by atoms with Crippen LogP contribution in [0.15, 0.2) is 40.6 Å². The summed E-state index contributed by atoms with van der Waals surface area (Å²) in [5.74, 6) is 0. The molecular formula is C19H27N3O2S2. The van der Waals surface area contributed by atoms with Crippen molar-refractivity contribution in [3.05, 3.63) is 46.2 Å². The third-order valence-corrected chi connectivity index (χ3v) is 7.35. The van der Waals surface area contributed by atoms with Gasteiger partial charge in [-0.1, -0.05) is 19.8 Å². The number of rotatable bonds is 8. The van der Waals surface area contributed by atoms with Crippen LogP contribution in [0, 0.1) is 0 Å². The number of nitrogen functional groups attached to an aromatic ring is 1. The third-order valence-electron chi connectivity index (χ3n) is 4.93. The molecule has 0 spiro atoms. The van der Waals surface area contributed by atoms with E-state index < -0.39 is 10.0 Å². The molecule has 26 heavy (non-hydrogen) atoms. The van der Waals surface area contributed by atoms with Gasteiger partial charge in [0.05, 0.1) is 4.90 Å². The summed E-state index contributed by atoms with van der Waals surface area (Å²) in [6.45, 7) is 4.27.